The van der Waals surface area contributed by atoms with Gasteiger partial charge in [0.2, 0.25) is 0 Å². The first kappa shape index (κ1) is 21.1. The molecule has 0 spiro atoms. The van der Waals surface area contributed by atoms with Crippen LogP contribution in [0.25, 0.3) is 0 Å². The summed E-state index contributed by atoms with van der Waals surface area (Å²) in [5.74, 6) is 0. The summed E-state index contributed by atoms with van der Waals surface area (Å²) in [6.45, 7) is 7.24. The average Bonchev–Trinajstić information content (AvgIpc) is 2.81. The summed E-state index contributed by atoms with van der Waals surface area (Å²) >= 11 is 0. The molecule has 4 aromatic rings. The van der Waals surface area contributed by atoms with Crippen LogP contribution in [0.3, 0.4) is 0 Å². The van der Waals surface area contributed by atoms with Gasteiger partial charge >= 0.3 is 0 Å². The van der Waals surface area contributed by atoms with Crippen LogP contribution in [-0.4, -0.2) is 0 Å². The first-order chi connectivity index (χ1) is 15.0. The summed E-state index contributed by atoms with van der Waals surface area (Å²) in [6, 6.07) is 40.4. The number of benzene rings is 4. The van der Waals surface area contributed by atoms with Gasteiger partial charge in [0.15, 0.2) is 0 Å². The highest BCUT2D eigenvalue weighted by Crippen LogP contribution is 2.41. The molecule has 0 heterocycles. The van der Waals surface area contributed by atoms with E-state index >= 15 is 0 Å². The Balaban J connectivity index is 1.79. The van der Waals surface area contributed by atoms with Crippen LogP contribution in [0.2, 0.25) is 0 Å². The van der Waals surface area contributed by atoms with Gasteiger partial charge in [-0.25, -0.2) is 0 Å². The topological polar surface area (TPSA) is 9.23 Å². The van der Waals surface area contributed by atoms with Crippen molar-refractivity contribution in [3.8, 4) is 0 Å². The smallest absolute Gasteiger partial charge is 0.144 e. The second-order valence-corrected chi connectivity index (χ2v) is 9.01. The van der Waals surface area contributed by atoms with E-state index in [2.05, 4.69) is 136 Å². The van der Waals surface area contributed by atoms with Gasteiger partial charge in [-0.1, -0.05) is 136 Å². The number of hydrogen-bond acceptors (Lipinski definition) is 1. The van der Waals surface area contributed by atoms with E-state index in [0.717, 1.165) is 16.7 Å². The zero-order valence-corrected chi connectivity index (χ0v) is 18.6. The fourth-order valence-electron chi connectivity index (χ4n) is 4.06. The third kappa shape index (κ3) is 4.47. The largest absolute Gasteiger partial charge is 0.356 e. The minimum atomic E-state index is -0.688. The highest BCUT2D eigenvalue weighted by molar-refractivity contribution is 5.47. The molecule has 0 aromatic heterocycles. The molecule has 0 aliphatic rings. The van der Waals surface area contributed by atoms with E-state index in [-0.39, 0.29) is 5.41 Å². The van der Waals surface area contributed by atoms with E-state index in [1.807, 2.05) is 0 Å². The molecule has 0 N–H and O–H groups in total. The molecular weight excluding hydrogens is 376 g/mol. The monoisotopic (exact) mass is 406 g/mol. The average molecular weight is 407 g/mol. The second-order valence-electron chi connectivity index (χ2n) is 9.01. The lowest BCUT2D eigenvalue weighted by molar-refractivity contribution is 0.000232. The molecule has 156 valence electrons. The maximum Gasteiger partial charge on any atom is 0.144 e. The van der Waals surface area contributed by atoms with Crippen LogP contribution in [0.15, 0.2) is 115 Å². The third-order valence-electron chi connectivity index (χ3n) is 5.82. The van der Waals surface area contributed by atoms with Crippen LogP contribution in [-0.2, 0) is 22.4 Å². The van der Waals surface area contributed by atoms with Crippen LogP contribution in [0.5, 0.6) is 0 Å². The van der Waals surface area contributed by atoms with E-state index < -0.39 is 5.60 Å². The van der Waals surface area contributed by atoms with Crippen molar-refractivity contribution in [2.45, 2.75) is 38.4 Å². The first-order valence-electron chi connectivity index (χ1n) is 10.9. The van der Waals surface area contributed by atoms with Crippen LogP contribution in [0.4, 0.5) is 0 Å². The normalized spacial score (nSPS) is 12.0. The van der Waals surface area contributed by atoms with E-state index in [1.54, 1.807) is 0 Å². The third-order valence-corrected chi connectivity index (χ3v) is 5.82. The van der Waals surface area contributed by atoms with Crippen molar-refractivity contribution >= 4 is 0 Å². The molecule has 0 amide bonds. The Morgan fingerprint density at radius 2 is 0.871 bits per heavy atom. The quantitative estimate of drug-likeness (QED) is 0.301. The van der Waals surface area contributed by atoms with Crippen molar-refractivity contribution in [3.05, 3.63) is 143 Å². The van der Waals surface area contributed by atoms with Gasteiger partial charge < -0.3 is 4.74 Å². The van der Waals surface area contributed by atoms with Crippen LogP contribution in [0, 0.1) is 0 Å². The summed E-state index contributed by atoms with van der Waals surface area (Å²) in [7, 11) is 0. The number of ether oxygens (including phenoxy) is 1. The van der Waals surface area contributed by atoms with E-state index in [1.165, 1.54) is 11.1 Å². The van der Waals surface area contributed by atoms with E-state index in [9.17, 15) is 0 Å². The highest BCUT2D eigenvalue weighted by Gasteiger charge is 2.37. The van der Waals surface area contributed by atoms with Crippen LogP contribution >= 0.6 is 0 Å². The summed E-state index contributed by atoms with van der Waals surface area (Å²) in [5, 5.41) is 0. The minimum Gasteiger partial charge on any atom is -0.356 e. The van der Waals surface area contributed by atoms with Gasteiger partial charge in [-0.15, -0.1) is 0 Å². The predicted octanol–water partition coefficient (Wildman–Crippen LogP) is 7.49. The van der Waals surface area contributed by atoms with Crippen molar-refractivity contribution in [2.24, 2.45) is 0 Å². The molecule has 0 saturated heterocycles. The first-order valence-corrected chi connectivity index (χ1v) is 10.9. The van der Waals surface area contributed by atoms with Crippen LogP contribution in [0.1, 0.15) is 48.6 Å². The SMILES string of the molecule is CC(C)(C)c1ccc(COC(c2ccccc2)(c2ccccc2)c2ccccc2)cc1. The molecule has 0 aliphatic carbocycles. The zero-order chi connectivity index (χ0) is 21.7. The standard InChI is InChI=1S/C30H30O/c1-29(2,3)25-21-19-24(20-22-25)23-31-30(26-13-7-4-8-14-26,27-15-9-5-10-16-27)28-17-11-6-12-18-28/h4-22H,23H2,1-3H3. The molecule has 0 atom stereocenters. The lowest BCUT2D eigenvalue weighted by Gasteiger charge is -2.36. The molecule has 0 unspecified atom stereocenters. The molecule has 0 aliphatic heterocycles. The lowest BCUT2D eigenvalue weighted by Crippen LogP contribution is -2.32. The fourth-order valence-corrected chi connectivity index (χ4v) is 4.06. The van der Waals surface area contributed by atoms with Crippen molar-refractivity contribution < 1.29 is 4.74 Å². The van der Waals surface area contributed by atoms with Gasteiger partial charge in [0.1, 0.15) is 5.60 Å². The molecule has 4 rings (SSSR count). The molecular formula is C30H30O. The summed E-state index contributed by atoms with van der Waals surface area (Å²) < 4.78 is 6.90. The molecule has 31 heavy (non-hydrogen) atoms. The molecule has 0 radical (unpaired) electrons. The number of rotatable bonds is 6. The highest BCUT2D eigenvalue weighted by atomic mass is 16.5. The Morgan fingerprint density at radius 3 is 1.23 bits per heavy atom. The van der Waals surface area contributed by atoms with Gasteiger partial charge in [-0.3, -0.25) is 0 Å². The van der Waals surface area contributed by atoms with Gasteiger partial charge in [0, 0.05) is 0 Å². The van der Waals surface area contributed by atoms with Gasteiger partial charge in [-0.05, 0) is 33.2 Å². The number of hydrogen-bond donors (Lipinski definition) is 0. The van der Waals surface area contributed by atoms with Crippen LogP contribution < -0.4 is 0 Å². The Bertz CT molecular complexity index is 979. The van der Waals surface area contributed by atoms with Gasteiger partial charge in [0.25, 0.3) is 0 Å². The van der Waals surface area contributed by atoms with Crippen molar-refractivity contribution in [1.29, 1.82) is 0 Å². The lowest BCUT2D eigenvalue weighted by atomic mass is 9.80. The van der Waals surface area contributed by atoms with Crippen molar-refractivity contribution in [2.75, 3.05) is 0 Å². The van der Waals surface area contributed by atoms with Crippen molar-refractivity contribution in [3.63, 3.8) is 0 Å². The van der Waals surface area contributed by atoms with E-state index in [0.29, 0.717) is 6.61 Å². The summed E-state index contributed by atoms with van der Waals surface area (Å²) in [5.41, 5.74) is 5.32. The van der Waals surface area contributed by atoms with E-state index in [4.69, 9.17) is 4.74 Å². The fraction of sp³-hybridized carbons (Fsp3) is 0.200. The predicted molar refractivity (Wildman–Crippen MR) is 129 cm³/mol. The minimum absolute atomic E-state index is 0.140. The zero-order valence-electron chi connectivity index (χ0n) is 18.6. The summed E-state index contributed by atoms with van der Waals surface area (Å²) in [4.78, 5) is 0. The van der Waals surface area contributed by atoms with Gasteiger partial charge in [0.05, 0.1) is 6.61 Å². The molecule has 4 aromatic carbocycles. The maximum atomic E-state index is 6.90. The summed E-state index contributed by atoms with van der Waals surface area (Å²) in [6.07, 6.45) is 0. The molecule has 1 heteroatoms. The Morgan fingerprint density at radius 1 is 0.484 bits per heavy atom. The Hall–Kier alpha value is -3.16. The molecule has 1 nitrogen and oxygen atoms in total. The Labute approximate surface area is 186 Å². The van der Waals surface area contributed by atoms with Gasteiger partial charge in [-0.2, -0.15) is 0 Å². The molecule has 0 saturated carbocycles. The second kappa shape index (κ2) is 8.91. The molecule has 0 bridgehead atoms. The Kier molecular flexibility index (Phi) is 6.06. The molecule has 0 fully saturated rings. The van der Waals surface area contributed by atoms with Crippen molar-refractivity contribution in [1.82, 2.24) is 0 Å². The maximum absolute atomic E-state index is 6.90.